The van der Waals surface area contributed by atoms with E-state index in [0.29, 0.717) is 0 Å². The highest BCUT2D eigenvalue weighted by atomic mass is 15.3. The quantitative estimate of drug-likeness (QED) is 0.579. The number of hydrogen-bond donors (Lipinski definition) is 1. The standard InChI is InChI=1S/C8H16N2/c1-2-6-10(7-3-1)8-4-5-9-8/h8-9H,1-7H2. The smallest absolute Gasteiger partial charge is 0.0609 e. The van der Waals surface area contributed by atoms with Crippen molar-refractivity contribution in [2.45, 2.75) is 31.8 Å². The molecule has 0 aromatic rings. The molecule has 2 aliphatic rings. The Balaban J connectivity index is 1.78. The van der Waals surface area contributed by atoms with E-state index in [0.717, 1.165) is 6.17 Å². The van der Waals surface area contributed by atoms with Gasteiger partial charge in [0.15, 0.2) is 0 Å². The number of likely N-dealkylation sites (tertiary alicyclic amines) is 1. The summed E-state index contributed by atoms with van der Waals surface area (Å²) in [6, 6.07) is 0. The number of nitrogens with zero attached hydrogens (tertiary/aromatic N) is 1. The van der Waals surface area contributed by atoms with Gasteiger partial charge >= 0.3 is 0 Å². The summed E-state index contributed by atoms with van der Waals surface area (Å²) in [6.07, 6.45) is 6.40. The van der Waals surface area contributed by atoms with Gasteiger partial charge in [-0.15, -0.1) is 0 Å². The second-order valence-corrected chi connectivity index (χ2v) is 3.36. The highest BCUT2D eigenvalue weighted by Crippen LogP contribution is 2.15. The first-order valence-electron chi connectivity index (χ1n) is 4.44. The second-order valence-electron chi connectivity index (χ2n) is 3.36. The summed E-state index contributed by atoms with van der Waals surface area (Å²) in [7, 11) is 0. The van der Waals surface area contributed by atoms with Crippen LogP contribution in [-0.2, 0) is 0 Å². The van der Waals surface area contributed by atoms with Crippen molar-refractivity contribution < 1.29 is 0 Å². The van der Waals surface area contributed by atoms with Crippen LogP contribution >= 0.6 is 0 Å². The SMILES string of the molecule is C1CCN(C2CCN2)CC1. The predicted molar refractivity (Wildman–Crippen MR) is 41.8 cm³/mol. The van der Waals surface area contributed by atoms with Gasteiger partial charge in [0.1, 0.15) is 0 Å². The lowest BCUT2D eigenvalue weighted by Gasteiger charge is -2.40. The van der Waals surface area contributed by atoms with Gasteiger partial charge in [-0.1, -0.05) is 6.42 Å². The predicted octanol–water partition coefficient (Wildman–Crippen LogP) is 0.792. The number of hydrogen-bond acceptors (Lipinski definition) is 2. The molecule has 2 saturated heterocycles. The molecule has 0 spiro atoms. The molecule has 0 saturated carbocycles. The van der Waals surface area contributed by atoms with Gasteiger partial charge in [0.25, 0.3) is 0 Å². The van der Waals surface area contributed by atoms with Crippen LogP contribution in [0.1, 0.15) is 25.7 Å². The zero-order valence-electron chi connectivity index (χ0n) is 6.47. The molecule has 2 rings (SSSR count). The molecular formula is C8H16N2. The minimum absolute atomic E-state index is 0.750. The summed E-state index contributed by atoms with van der Waals surface area (Å²) < 4.78 is 0. The Morgan fingerprint density at radius 2 is 1.80 bits per heavy atom. The van der Waals surface area contributed by atoms with Crippen molar-refractivity contribution >= 4 is 0 Å². The van der Waals surface area contributed by atoms with Gasteiger partial charge in [-0.2, -0.15) is 0 Å². The fourth-order valence-corrected chi connectivity index (χ4v) is 1.82. The first-order chi connectivity index (χ1) is 4.97. The van der Waals surface area contributed by atoms with E-state index in [4.69, 9.17) is 0 Å². The van der Waals surface area contributed by atoms with Crippen molar-refractivity contribution in [2.24, 2.45) is 0 Å². The maximum absolute atomic E-state index is 3.44. The molecule has 0 amide bonds. The van der Waals surface area contributed by atoms with E-state index in [1.54, 1.807) is 0 Å². The van der Waals surface area contributed by atoms with Crippen LogP contribution < -0.4 is 5.32 Å². The van der Waals surface area contributed by atoms with Crippen LogP contribution in [0.2, 0.25) is 0 Å². The van der Waals surface area contributed by atoms with Crippen LogP contribution in [0.15, 0.2) is 0 Å². The molecule has 0 aromatic carbocycles. The molecule has 1 N–H and O–H groups in total. The number of rotatable bonds is 1. The Kier molecular flexibility index (Phi) is 1.91. The molecule has 58 valence electrons. The minimum atomic E-state index is 0.750. The van der Waals surface area contributed by atoms with Crippen LogP contribution in [0.5, 0.6) is 0 Å². The van der Waals surface area contributed by atoms with Crippen molar-refractivity contribution in [3.05, 3.63) is 0 Å². The maximum atomic E-state index is 3.44. The lowest BCUT2D eigenvalue weighted by molar-refractivity contribution is 0.0886. The third kappa shape index (κ3) is 1.18. The lowest BCUT2D eigenvalue weighted by Crippen LogP contribution is -2.56. The van der Waals surface area contributed by atoms with E-state index in [9.17, 15) is 0 Å². The van der Waals surface area contributed by atoms with E-state index < -0.39 is 0 Å². The van der Waals surface area contributed by atoms with Crippen molar-refractivity contribution in [2.75, 3.05) is 19.6 Å². The van der Waals surface area contributed by atoms with Gasteiger partial charge in [0, 0.05) is 0 Å². The number of nitrogens with one attached hydrogen (secondary N) is 1. The summed E-state index contributed by atoms with van der Waals surface area (Å²) in [5, 5.41) is 3.44. The average molecular weight is 140 g/mol. The minimum Gasteiger partial charge on any atom is -0.302 e. The molecule has 1 unspecified atom stereocenters. The third-order valence-corrected chi connectivity index (χ3v) is 2.63. The van der Waals surface area contributed by atoms with Crippen LogP contribution in [0.25, 0.3) is 0 Å². The summed E-state index contributed by atoms with van der Waals surface area (Å²) in [5.41, 5.74) is 0. The molecule has 2 heterocycles. The lowest BCUT2D eigenvalue weighted by atomic mass is 10.1. The first-order valence-corrected chi connectivity index (χ1v) is 4.44. The van der Waals surface area contributed by atoms with Crippen molar-refractivity contribution in [3.8, 4) is 0 Å². The maximum Gasteiger partial charge on any atom is 0.0609 e. The van der Waals surface area contributed by atoms with Crippen molar-refractivity contribution in [1.82, 2.24) is 10.2 Å². The topological polar surface area (TPSA) is 15.3 Å². The van der Waals surface area contributed by atoms with E-state index in [-0.39, 0.29) is 0 Å². The van der Waals surface area contributed by atoms with Gasteiger partial charge in [0.05, 0.1) is 6.17 Å². The average Bonchev–Trinajstić information content (AvgIpc) is 1.86. The highest BCUT2D eigenvalue weighted by molar-refractivity contribution is 4.80. The molecule has 2 nitrogen and oxygen atoms in total. The highest BCUT2D eigenvalue weighted by Gasteiger charge is 2.24. The summed E-state index contributed by atoms with van der Waals surface area (Å²) in [4.78, 5) is 2.59. The second kappa shape index (κ2) is 2.89. The molecule has 0 aromatic heterocycles. The fourth-order valence-electron chi connectivity index (χ4n) is 1.82. The molecule has 2 fully saturated rings. The first kappa shape index (κ1) is 6.62. The zero-order chi connectivity index (χ0) is 6.81. The van der Waals surface area contributed by atoms with E-state index in [1.807, 2.05) is 0 Å². The van der Waals surface area contributed by atoms with Crippen LogP contribution in [0.4, 0.5) is 0 Å². The van der Waals surface area contributed by atoms with Gasteiger partial charge in [-0.25, -0.2) is 0 Å². The van der Waals surface area contributed by atoms with E-state index in [2.05, 4.69) is 10.2 Å². The Labute approximate surface area is 62.6 Å². The Bertz CT molecular complexity index is 104. The zero-order valence-corrected chi connectivity index (χ0v) is 6.47. The molecule has 1 atom stereocenters. The monoisotopic (exact) mass is 140 g/mol. The Hall–Kier alpha value is -0.0800. The van der Waals surface area contributed by atoms with Crippen LogP contribution in [0.3, 0.4) is 0 Å². The Morgan fingerprint density at radius 1 is 1.10 bits per heavy atom. The molecule has 0 bridgehead atoms. The van der Waals surface area contributed by atoms with Crippen LogP contribution in [-0.4, -0.2) is 30.7 Å². The molecule has 0 radical (unpaired) electrons. The third-order valence-electron chi connectivity index (χ3n) is 2.63. The molecule has 0 aliphatic carbocycles. The molecule has 2 aliphatic heterocycles. The van der Waals surface area contributed by atoms with E-state index in [1.165, 1.54) is 45.3 Å². The van der Waals surface area contributed by atoms with Gasteiger partial charge in [-0.3, -0.25) is 4.90 Å². The normalized spacial score (nSPS) is 35.4. The van der Waals surface area contributed by atoms with Crippen LogP contribution in [0, 0.1) is 0 Å². The summed E-state index contributed by atoms with van der Waals surface area (Å²) >= 11 is 0. The fraction of sp³-hybridized carbons (Fsp3) is 1.00. The summed E-state index contributed by atoms with van der Waals surface area (Å²) in [5.74, 6) is 0. The number of piperidine rings is 1. The van der Waals surface area contributed by atoms with Gasteiger partial charge in [-0.05, 0) is 38.9 Å². The Morgan fingerprint density at radius 3 is 2.30 bits per heavy atom. The molecule has 10 heavy (non-hydrogen) atoms. The molecule has 2 heteroatoms. The largest absolute Gasteiger partial charge is 0.302 e. The van der Waals surface area contributed by atoms with Gasteiger partial charge in [0.2, 0.25) is 0 Å². The molecular weight excluding hydrogens is 124 g/mol. The van der Waals surface area contributed by atoms with Gasteiger partial charge < -0.3 is 5.32 Å². The van der Waals surface area contributed by atoms with Crippen molar-refractivity contribution in [3.63, 3.8) is 0 Å². The summed E-state index contributed by atoms with van der Waals surface area (Å²) in [6.45, 7) is 3.90. The van der Waals surface area contributed by atoms with E-state index >= 15 is 0 Å². The van der Waals surface area contributed by atoms with Crippen molar-refractivity contribution in [1.29, 1.82) is 0 Å².